The normalized spacial score (nSPS) is 10.2. The molecule has 0 aromatic heterocycles. The maximum absolute atomic E-state index is 10.0. The first-order valence-corrected chi connectivity index (χ1v) is 2.58. The monoisotopic (exact) mass is 130 g/mol. The van der Waals surface area contributed by atoms with Gasteiger partial charge in [-0.25, -0.2) is 4.79 Å². The highest BCUT2D eigenvalue weighted by atomic mass is 16.4. The lowest BCUT2D eigenvalue weighted by Gasteiger charge is -1.87. The minimum Gasteiger partial charge on any atom is -0.478 e. The van der Waals surface area contributed by atoms with Gasteiger partial charge in [0.1, 0.15) is 0 Å². The van der Waals surface area contributed by atoms with Crippen LogP contribution in [0, 0.1) is 0 Å². The number of hydrogen-bond acceptors (Lipinski definition) is 1. The predicted octanol–water partition coefficient (Wildman–Crippen LogP) is 2.06. The van der Waals surface area contributed by atoms with E-state index in [1.807, 2.05) is 6.92 Å². The first kappa shape index (κ1) is 11.1. The summed E-state index contributed by atoms with van der Waals surface area (Å²) >= 11 is 0. The third-order valence-electron chi connectivity index (χ3n) is 0.848. The van der Waals surface area contributed by atoms with E-state index in [0.717, 1.165) is 6.42 Å². The van der Waals surface area contributed by atoms with Crippen LogP contribution in [0.3, 0.4) is 0 Å². The van der Waals surface area contributed by atoms with Crippen LogP contribution < -0.4 is 0 Å². The molecule has 2 nitrogen and oxygen atoms in total. The van der Waals surface area contributed by atoms with Crippen molar-refractivity contribution in [3.05, 3.63) is 11.6 Å². The van der Waals surface area contributed by atoms with E-state index in [1.165, 1.54) is 0 Å². The van der Waals surface area contributed by atoms with E-state index in [4.69, 9.17) is 5.11 Å². The molecule has 0 spiro atoms. The van der Waals surface area contributed by atoms with E-state index in [-0.39, 0.29) is 7.43 Å². The van der Waals surface area contributed by atoms with Gasteiger partial charge in [0.2, 0.25) is 0 Å². The number of carboxylic acid groups (broad SMARTS) is 1. The van der Waals surface area contributed by atoms with Crippen molar-refractivity contribution in [3.63, 3.8) is 0 Å². The molecule has 0 saturated carbocycles. The van der Waals surface area contributed by atoms with Crippen molar-refractivity contribution >= 4 is 5.97 Å². The zero-order valence-corrected chi connectivity index (χ0v) is 5.14. The Morgan fingerprint density at radius 2 is 2.11 bits per heavy atom. The van der Waals surface area contributed by atoms with Gasteiger partial charge in [0.15, 0.2) is 0 Å². The van der Waals surface area contributed by atoms with E-state index in [2.05, 4.69) is 0 Å². The average Bonchev–Trinajstić information content (AvgIpc) is 1.67. The predicted molar refractivity (Wildman–Crippen MR) is 38.4 cm³/mol. The molecule has 9 heavy (non-hydrogen) atoms. The molecule has 0 saturated heterocycles. The minimum absolute atomic E-state index is 0. The number of carbonyl (C=O) groups is 1. The van der Waals surface area contributed by atoms with Crippen LogP contribution in [0.25, 0.3) is 0 Å². The molecule has 0 aliphatic heterocycles. The summed E-state index contributed by atoms with van der Waals surface area (Å²) in [7, 11) is 0. The van der Waals surface area contributed by atoms with Gasteiger partial charge in [0.25, 0.3) is 0 Å². The van der Waals surface area contributed by atoms with Gasteiger partial charge in [-0.05, 0) is 13.3 Å². The molecule has 54 valence electrons. The topological polar surface area (TPSA) is 37.3 Å². The molecule has 0 aliphatic rings. The van der Waals surface area contributed by atoms with Gasteiger partial charge in [-0.1, -0.05) is 20.4 Å². The Morgan fingerprint density at radius 3 is 2.22 bits per heavy atom. The van der Waals surface area contributed by atoms with Gasteiger partial charge >= 0.3 is 5.97 Å². The summed E-state index contributed by atoms with van der Waals surface area (Å²) in [6.45, 7) is 3.50. The molecule has 0 atom stereocenters. The van der Waals surface area contributed by atoms with Gasteiger partial charge in [-0.2, -0.15) is 0 Å². The van der Waals surface area contributed by atoms with Gasteiger partial charge < -0.3 is 5.11 Å². The standard InChI is InChI=1S/C6H10O2.CH4/c1-3-4-5(2)6(7)8;/h4H,3H2,1-2H3,(H,7,8);1H4/b5-4+;. The number of rotatable bonds is 2. The lowest BCUT2D eigenvalue weighted by molar-refractivity contribution is -0.132. The Hall–Kier alpha value is -0.790. The molecule has 0 rings (SSSR count). The van der Waals surface area contributed by atoms with Gasteiger partial charge in [0, 0.05) is 5.57 Å². The fraction of sp³-hybridized carbons (Fsp3) is 0.571. The Balaban J connectivity index is 0. The van der Waals surface area contributed by atoms with Crippen molar-refractivity contribution in [2.45, 2.75) is 27.7 Å². The SMILES string of the molecule is C.CC/C=C(\C)C(=O)O. The summed E-state index contributed by atoms with van der Waals surface area (Å²) in [6, 6.07) is 0. The van der Waals surface area contributed by atoms with Gasteiger partial charge in [-0.3, -0.25) is 0 Å². The molecule has 0 aliphatic carbocycles. The summed E-state index contributed by atoms with van der Waals surface area (Å²) in [4.78, 5) is 10.0. The molecule has 0 aromatic carbocycles. The Labute approximate surface area is 56.2 Å². The summed E-state index contributed by atoms with van der Waals surface area (Å²) in [5.74, 6) is -0.827. The first-order valence-electron chi connectivity index (χ1n) is 2.58. The van der Waals surface area contributed by atoms with Crippen LogP contribution in [0.2, 0.25) is 0 Å². The number of aliphatic carboxylic acids is 1. The molecule has 1 N–H and O–H groups in total. The van der Waals surface area contributed by atoms with Crippen LogP contribution in [-0.4, -0.2) is 11.1 Å². The van der Waals surface area contributed by atoms with E-state index in [0.29, 0.717) is 5.57 Å². The summed E-state index contributed by atoms with van der Waals surface area (Å²) in [5, 5.41) is 8.24. The Kier molecular flexibility index (Phi) is 6.58. The molecular weight excluding hydrogens is 116 g/mol. The lowest BCUT2D eigenvalue weighted by atomic mass is 10.2. The second-order valence-electron chi connectivity index (χ2n) is 1.60. The van der Waals surface area contributed by atoms with Crippen molar-refractivity contribution in [1.82, 2.24) is 0 Å². The van der Waals surface area contributed by atoms with Crippen LogP contribution in [-0.2, 0) is 4.79 Å². The van der Waals surface area contributed by atoms with Crippen LogP contribution in [0.15, 0.2) is 11.6 Å². The Bertz CT molecular complexity index is 114. The zero-order chi connectivity index (χ0) is 6.57. The molecule has 0 radical (unpaired) electrons. The molecule has 0 fully saturated rings. The van der Waals surface area contributed by atoms with E-state index in [9.17, 15) is 4.79 Å². The largest absolute Gasteiger partial charge is 0.478 e. The summed E-state index contributed by atoms with van der Waals surface area (Å²) < 4.78 is 0. The maximum Gasteiger partial charge on any atom is 0.330 e. The molecule has 2 heteroatoms. The van der Waals surface area contributed by atoms with E-state index in [1.54, 1.807) is 13.0 Å². The number of allylic oxidation sites excluding steroid dienone is 1. The van der Waals surface area contributed by atoms with Crippen LogP contribution >= 0.6 is 0 Å². The summed E-state index contributed by atoms with van der Waals surface area (Å²) in [6.07, 6.45) is 2.47. The molecule has 0 heterocycles. The molecule has 0 amide bonds. The van der Waals surface area contributed by atoms with Crippen molar-refractivity contribution in [1.29, 1.82) is 0 Å². The molecule has 0 bridgehead atoms. The van der Waals surface area contributed by atoms with Crippen molar-refractivity contribution in [2.75, 3.05) is 0 Å². The molecule has 0 unspecified atom stereocenters. The van der Waals surface area contributed by atoms with Crippen LogP contribution in [0.4, 0.5) is 0 Å². The van der Waals surface area contributed by atoms with Gasteiger partial charge in [-0.15, -0.1) is 0 Å². The van der Waals surface area contributed by atoms with Crippen molar-refractivity contribution in [3.8, 4) is 0 Å². The number of hydrogen-bond donors (Lipinski definition) is 1. The fourth-order valence-electron chi connectivity index (χ4n) is 0.393. The lowest BCUT2D eigenvalue weighted by Crippen LogP contribution is -1.94. The highest BCUT2D eigenvalue weighted by molar-refractivity contribution is 5.85. The molecule has 0 aromatic rings. The van der Waals surface area contributed by atoms with Gasteiger partial charge in [0.05, 0.1) is 0 Å². The second kappa shape index (κ2) is 5.35. The fourth-order valence-corrected chi connectivity index (χ4v) is 0.393. The highest BCUT2D eigenvalue weighted by Gasteiger charge is 1.94. The minimum atomic E-state index is -0.827. The van der Waals surface area contributed by atoms with Crippen LogP contribution in [0.5, 0.6) is 0 Å². The molecular formula is C7H14O2. The van der Waals surface area contributed by atoms with Crippen LogP contribution in [0.1, 0.15) is 27.7 Å². The van der Waals surface area contributed by atoms with E-state index < -0.39 is 5.97 Å². The first-order chi connectivity index (χ1) is 3.68. The average molecular weight is 130 g/mol. The zero-order valence-electron chi connectivity index (χ0n) is 5.14. The van der Waals surface area contributed by atoms with E-state index >= 15 is 0 Å². The van der Waals surface area contributed by atoms with Crippen molar-refractivity contribution < 1.29 is 9.90 Å². The summed E-state index contributed by atoms with van der Waals surface area (Å²) in [5.41, 5.74) is 0.424. The second-order valence-corrected chi connectivity index (χ2v) is 1.60. The van der Waals surface area contributed by atoms with Crippen molar-refractivity contribution in [2.24, 2.45) is 0 Å². The Morgan fingerprint density at radius 1 is 1.67 bits per heavy atom. The quantitative estimate of drug-likeness (QED) is 0.581. The highest BCUT2D eigenvalue weighted by Crippen LogP contribution is 1.92. The maximum atomic E-state index is 10.0. The smallest absolute Gasteiger partial charge is 0.330 e. The third kappa shape index (κ3) is 5.07. The third-order valence-corrected chi connectivity index (χ3v) is 0.848. The number of carboxylic acids is 1.